The van der Waals surface area contributed by atoms with Gasteiger partial charge in [0.2, 0.25) is 0 Å². The summed E-state index contributed by atoms with van der Waals surface area (Å²) in [5.74, 6) is -0.486. The largest absolute Gasteiger partial charge is 0.398 e. The first-order chi connectivity index (χ1) is 8.91. The molecule has 2 N–H and O–H groups in total. The molecular weight excluding hydrogens is 241 g/mol. The third-order valence-electron chi connectivity index (χ3n) is 3.29. The lowest BCUT2D eigenvalue weighted by atomic mass is 9.93. The number of para-hydroxylation sites is 1. The predicted octanol–water partition coefficient (Wildman–Crippen LogP) is 3.56. The summed E-state index contributed by atoms with van der Waals surface area (Å²) in [5.41, 5.74) is 9.56. The van der Waals surface area contributed by atoms with Gasteiger partial charge in [-0.1, -0.05) is 12.1 Å². The van der Waals surface area contributed by atoms with Crippen LogP contribution in [-0.2, 0) is 0 Å². The lowest BCUT2D eigenvalue weighted by molar-refractivity contribution is 0.103. The van der Waals surface area contributed by atoms with Crippen molar-refractivity contribution >= 4 is 11.5 Å². The Kier molecular flexibility index (Phi) is 3.38. The highest BCUT2D eigenvalue weighted by Crippen LogP contribution is 2.24. The minimum atomic E-state index is -0.330. The number of halogens is 1. The summed E-state index contributed by atoms with van der Waals surface area (Å²) in [6.45, 7) is 5.32. The summed E-state index contributed by atoms with van der Waals surface area (Å²) in [7, 11) is 0. The van der Waals surface area contributed by atoms with Gasteiger partial charge in [0.1, 0.15) is 5.82 Å². The maximum atomic E-state index is 13.3. The first kappa shape index (κ1) is 13.3. The molecule has 0 amide bonds. The molecule has 2 aromatic rings. The quantitative estimate of drug-likeness (QED) is 0.660. The minimum Gasteiger partial charge on any atom is -0.398 e. The molecule has 0 atom stereocenters. The number of carbonyl (C=O) groups is 1. The zero-order valence-corrected chi connectivity index (χ0v) is 11.3. The Morgan fingerprint density at radius 1 is 1.05 bits per heavy atom. The molecule has 0 saturated carbocycles. The Bertz CT molecular complexity index is 639. The molecule has 0 aliphatic carbocycles. The van der Waals surface area contributed by atoms with Crippen molar-refractivity contribution in [3.8, 4) is 0 Å². The number of rotatable bonds is 2. The second-order valence-corrected chi connectivity index (χ2v) is 4.78. The van der Waals surface area contributed by atoms with E-state index in [9.17, 15) is 9.18 Å². The Morgan fingerprint density at radius 2 is 1.63 bits per heavy atom. The summed E-state index contributed by atoms with van der Waals surface area (Å²) in [5, 5.41) is 0. The van der Waals surface area contributed by atoms with Crippen LogP contribution in [0.4, 0.5) is 10.1 Å². The highest BCUT2D eigenvalue weighted by atomic mass is 19.1. The van der Waals surface area contributed by atoms with Gasteiger partial charge in [-0.05, 0) is 55.7 Å². The summed E-state index contributed by atoms with van der Waals surface area (Å²) in [6.07, 6.45) is 0. The molecule has 2 aromatic carbocycles. The highest BCUT2D eigenvalue weighted by Gasteiger charge is 2.18. The van der Waals surface area contributed by atoms with Crippen molar-refractivity contribution < 1.29 is 9.18 Å². The van der Waals surface area contributed by atoms with Crippen LogP contribution < -0.4 is 5.73 Å². The maximum Gasteiger partial charge on any atom is 0.195 e. The molecule has 19 heavy (non-hydrogen) atoms. The zero-order chi connectivity index (χ0) is 14.2. The topological polar surface area (TPSA) is 43.1 Å². The Labute approximate surface area is 112 Å². The number of aryl methyl sites for hydroxylation is 3. The van der Waals surface area contributed by atoms with Gasteiger partial charge in [0, 0.05) is 16.8 Å². The van der Waals surface area contributed by atoms with E-state index in [0.29, 0.717) is 27.9 Å². The second kappa shape index (κ2) is 4.84. The van der Waals surface area contributed by atoms with Crippen LogP contribution in [0.15, 0.2) is 30.3 Å². The van der Waals surface area contributed by atoms with Crippen molar-refractivity contribution in [2.45, 2.75) is 20.8 Å². The van der Waals surface area contributed by atoms with Crippen molar-refractivity contribution in [3.63, 3.8) is 0 Å². The monoisotopic (exact) mass is 257 g/mol. The molecule has 0 fully saturated rings. The summed E-state index contributed by atoms with van der Waals surface area (Å²) in [4.78, 5) is 12.6. The zero-order valence-electron chi connectivity index (χ0n) is 11.3. The van der Waals surface area contributed by atoms with E-state index in [-0.39, 0.29) is 11.6 Å². The fourth-order valence-corrected chi connectivity index (χ4v) is 2.28. The molecule has 3 heteroatoms. The van der Waals surface area contributed by atoms with Crippen LogP contribution in [0.25, 0.3) is 0 Å². The molecular formula is C16H16FNO. The lowest BCUT2D eigenvalue weighted by Crippen LogP contribution is -2.10. The molecule has 0 spiro atoms. The van der Waals surface area contributed by atoms with Crippen LogP contribution in [0.1, 0.15) is 32.6 Å². The number of nitrogen functional groups attached to an aromatic ring is 1. The van der Waals surface area contributed by atoms with Crippen LogP contribution in [0.5, 0.6) is 0 Å². The average molecular weight is 257 g/mol. The first-order valence-corrected chi connectivity index (χ1v) is 6.08. The van der Waals surface area contributed by atoms with Crippen molar-refractivity contribution in [1.82, 2.24) is 0 Å². The summed E-state index contributed by atoms with van der Waals surface area (Å²) >= 11 is 0. The number of nitrogens with two attached hydrogens (primary N) is 1. The fourth-order valence-electron chi connectivity index (χ4n) is 2.28. The minimum absolute atomic E-state index is 0.156. The lowest BCUT2D eigenvalue weighted by Gasteiger charge is -2.12. The van der Waals surface area contributed by atoms with Crippen LogP contribution in [0.3, 0.4) is 0 Å². The van der Waals surface area contributed by atoms with Crippen molar-refractivity contribution in [3.05, 3.63) is 64.0 Å². The maximum absolute atomic E-state index is 13.3. The number of ketones is 1. The van der Waals surface area contributed by atoms with Crippen molar-refractivity contribution in [1.29, 1.82) is 0 Å². The molecule has 0 bridgehead atoms. The van der Waals surface area contributed by atoms with Gasteiger partial charge in [-0.15, -0.1) is 0 Å². The number of anilines is 1. The van der Waals surface area contributed by atoms with E-state index in [1.807, 2.05) is 13.0 Å². The normalized spacial score (nSPS) is 10.5. The van der Waals surface area contributed by atoms with E-state index >= 15 is 0 Å². The highest BCUT2D eigenvalue weighted by molar-refractivity contribution is 6.13. The summed E-state index contributed by atoms with van der Waals surface area (Å²) in [6, 6.07) is 8.09. The van der Waals surface area contributed by atoms with Gasteiger partial charge in [0.15, 0.2) is 5.78 Å². The Balaban J connectivity index is 2.60. The SMILES string of the molecule is Cc1cccc(C(=O)c2c(C)cc(F)cc2C)c1N. The molecule has 0 unspecified atom stereocenters. The Hall–Kier alpha value is -2.16. The smallest absolute Gasteiger partial charge is 0.195 e. The van der Waals surface area contributed by atoms with E-state index in [1.165, 1.54) is 12.1 Å². The van der Waals surface area contributed by atoms with Gasteiger partial charge in [0.05, 0.1) is 0 Å². The van der Waals surface area contributed by atoms with Gasteiger partial charge >= 0.3 is 0 Å². The predicted molar refractivity (Wildman–Crippen MR) is 74.9 cm³/mol. The molecule has 0 radical (unpaired) electrons. The van der Waals surface area contributed by atoms with Gasteiger partial charge in [-0.25, -0.2) is 4.39 Å². The summed E-state index contributed by atoms with van der Waals surface area (Å²) < 4.78 is 13.3. The van der Waals surface area contributed by atoms with E-state index in [4.69, 9.17) is 5.73 Å². The van der Waals surface area contributed by atoms with Crippen molar-refractivity contribution in [2.75, 3.05) is 5.73 Å². The van der Waals surface area contributed by atoms with Crippen LogP contribution in [-0.4, -0.2) is 5.78 Å². The van der Waals surface area contributed by atoms with Gasteiger partial charge < -0.3 is 5.73 Å². The van der Waals surface area contributed by atoms with Crippen LogP contribution in [0, 0.1) is 26.6 Å². The first-order valence-electron chi connectivity index (χ1n) is 6.08. The fraction of sp³-hybridized carbons (Fsp3) is 0.188. The molecule has 0 aliphatic heterocycles. The standard InChI is InChI=1S/C16H16FNO/c1-9-5-4-6-13(15(9)18)16(19)14-10(2)7-12(17)8-11(14)3/h4-8H,18H2,1-3H3. The molecule has 2 nitrogen and oxygen atoms in total. The van der Waals surface area contributed by atoms with E-state index in [2.05, 4.69) is 0 Å². The van der Waals surface area contributed by atoms with E-state index < -0.39 is 0 Å². The molecule has 98 valence electrons. The molecule has 0 heterocycles. The second-order valence-electron chi connectivity index (χ2n) is 4.78. The van der Waals surface area contributed by atoms with Crippen LogP contribution >= 0.6 is 0 Å². The third-order valence-corrected chi connectivity index (χ3v) is 3.29. The number of benzene rings is 2. The van der Waals surface area contributed by atoms with Gasteiger partial charge in [0.25, 0.3) is 0 Å². The number of carbonyl (C=O) groups excluding carboxylic acids is 1. The molecule has 2 rings (SSSR count). The molecule has 0 saturated heterocycles. The molecule has 0 aromatic heterocycles. The number of hydrogen-bond acceptors (Lipinski definition) is 2. The van der Waals surface area contributed by atoms with Crippen molar-refractivity contribution in [2.24, 2.45) is 0 Å². The van der Waals surface area contributed by atoms with Gasteiger partial charge in [-0.2, -0.15) is 0 Å². The third kappa shape index (κ3) is 2.36. The average Bonchev–Trinajstić information content (AvgIpc) is 2.31. The Morgan fingerprint density at radius 3 is 2.21 bits per heavy atom. The molecule has 0 aliphatic rings. The van der Waals surface area contributed by atoms with Crippen LogP contribution in [0.2, 0.25) is 0 Å². The van der Waals surface area contributed by atoms with E-state index in [0.717, 1.165) is 5.56 Å². The van der Waals surface area contributed by atoms with E-state index in [1.54, 1.807) is 26.0 Å². The van der Waals surface area contributed by atoms with Gasteiger partial charge in [-0.3, -0.25) is 4.79 Å². The number of hydrogen-bond donors (Lipinski definition) is 1.